The zero-order valence-corrected chi connectivity index (χ0v) is 16.4. The molecule has 7 nitrogen and oxygen atoms in total. The van der Waals surface area contributed by atoms with Crippen LogP contribution >= 0.6 is 0 Å². The molecule has 0 spiro atoms. The molecule has 1 aromatic rings. The van der Waals surface area contributed by atoms with Gasteiger partial charge in [-0.25, -0.2) is 9.18 Å². The van der Waals surface area contributed by atoms with Crippen molar-refractivity contribution in [1.82, 2.24) is 4.90 Å². The molecular formula is C20H26FN3O4. The molecule has 2 N–H and O–H groups in total. The second kappa shape index (κ2) is 8.86. The smallest absolute Gasteiger partial charge is 0.410 e. The maximum absolute atomic E-state index is 13.9. The minimum Gasteiger partial charge on any atom is -0.444 e. The molecular weight excluding hydrogens is 365 g/mol. The Morgan fingerprint density at radius 3 is 2.61 bits per heavy atom. The number of amides is 3. The fourth-order valence-electron chi connectivity index (χ4n) is 2.85. The number of hydrogen-bond donors (Lipinski definition) is 2. The Morgan fingerprint density at radius 2 is 1.96 bits per heavy atom. The highest BCUT2D eigenvalue weighted by atomic mass is 19.1. The molecule has 0 aromatic heterocycles. The van der Waals surface area contributed by atoms with Crippen LogP contribution in [0.15, 0.2) is 30.9 Å². The van der Waals surface area contributed by atoms with Gasteiger partial charge in [-0.1, -0.05) is 6.58 Å². The maximum atomic E-state index is 13.9. The van der Waals surface area contributed by atoms with Crippen molar-refractivity contribution in [3.05, 3.63) is 36.7 Å². The van der Waals surface area contributed by atoms with E-state index in [0.717, 1.165) is 25.0 Å². The van der Waals surface area contributed by atoms with Crippen LogP contribution in [0.3, 0.4) is 0 Å². The molecule has 3 amide bonds. The number of nitrogens with one attached hydrogen (secondary N) is 2. The summed E-state index contributed by atoms with van der Waals surface area (Å²) in [7, 11) is 0. The summed E-state index contributed by atoms with van der Waals surface area (Å²) in [6.07, 6.45) is 2.58. The van der Waals surface area contributed by atoms with Crippen molar-refractivity contribution < 1.29 is 23.5 Å². The zero-order valence-electron chi connectivity index (χ0n) is 16.4. The number of hydrogen-bond acceptors (Lipinski definition) is 4. The molecule has 1 aliphatic heterocycles. The molecule has 152 valence electrons. The summed E-state index contributed by atoms with van der Waals surface area (Å²) in [6.45, 7) is 9.04. The van der Waals surface area contributed by atoms with Crippen LogP contribution in [-0.4, -0.2) is 41.0 Å². The van der Waals surface area contributed by atoms with Gasteiger partial charge in [-0.05, 0) is 64.3 Å². The van der Waals surface area contributed by atoms with E-state index in [4.69, 9.17) is 4.74 Å². The molecule has 0 bridgehead atoms. The van der Waals surface area contributed by atoms with E-state index in [-0.39, 0.29) is 5.69 Å². The molecule has 1 aliphatic rings. The molecule has 0 aliphatic carbocycles. The fraction of sp³-hybridized carbons (Fsp3) is 0.450. The lowest BCUT2D eigenvalue weighted by Crippen LogP contribution is -2.51. The Kier molecular flexibility index (Phi) is 6.77. The topological polar surface area (TPSA) is 87.7 Å². The molecule has 1 aromatic carbocycles. The maximum Gasteiger partial charge on any atom is 0.410 e. The Balaban J connectivity index is 2.13. The van der Waals surface area contributed by atoms with Crippen LogP contribution in [0.2, 0.25) is 0 Å². The Labute approximate surface area is 163 Å². The van der Waals surface area contributed by atoms with E-state index >= 15 is 0 Å². The van der Waals surface area contributed by atoms with Crippen LogP contribution in [-0.2, 0) is 14.3 Å². The zero-order chi connectivity index (χ0) is 20.9. The summed E-state index contributed by atoms with van der Waals surface area (Å²) in [6, 6.07) is 3.16. The number of carbonyl (C=O) groups is 3. The monoisotopic (exact) mass is 391 g/mol. The summed E-state index contributed by atoms with van der Waals surface area (Å²) in [5.74, 6) is -1.59. The van der Waals surface area contributed by atoms with Gasteiger partial charge in [0.05, 0.1) is 5.69 Å². The van der Waals surface area contributed by atoms with Crippen molar-refractivity contribution in [3.8, 4) is 0 Å². The van der Waals surface area contributed by atoms with Crippen molar-refractivity contribution >= 4 is 29.3 Å². The van der Waals surface area contributed by atoms with Gasteiger partial charge in [0, 0.05) is 12.2 Å². The van der Waals surface area contributed by atoms with Crippen LogP contribution in [0.5, 0.6) is 0 Å². The van der Waals surface area contributed by atoms with Crippen LogP contribution in [0.25, 0.3) is 0 Å². The lowest BCUT2D eigenvalue weighted by Gasteiger charge is -2.35. The van der Waals surface area contributed by atoms with Crippen LogP contribution in [0.4, 0.5) is 20.6 Å². The van der Waals surface area contributed by atoms with Crippen molar-refractivity contribution in [3.63, 3.8) is 0 Å². The number of nitrogens with zero attached hydrogens (tertiary/aromatic N) is 1. The fourth-order valence-corrected chi connectivity index (χ4v) is 2.85. The summed E-state index contributed by atoms with van der Waals surface area (Å²) < 4.78 is 19.3. The SMILES string of the molecule is C=CC(=O)Nc1cc(NC(=O)[C@H]2CCCCN2C(=O)OC(C)(C)C)ccc1F. The van der Waals surface area contributed by atoms with Crippen molar-refractivity contribution in [2.45, 2.75) is 51.7 Å². The number of piperidine rings is 1. The highest BCUT2D eigenvalue weighted by Crippen LogP contribution is 2.24. The van der Waals surface area contributed by atoms with Gasteiger partial charge in [0.1, 0.15) is 17.5 Å². The van der Waals surface area contributed by atoms with Crippen LogP contribution < -0.4 is 10.6 Å². The third-order valence-corrected chi connectivity index (χ3v) is 4.11. The van der Waals surface area contributed by atoms with E-state index in [0.29, 0.717) is 18.7 Å². The largest absolute Gasteiger partial charge is 0.444 e. The lowest BCUT2D eigenvalue weighted by molar-refractivity contribution is -0.122. The summed E-state index contributed by atoms with van der Waals surface area (Å²) in [4.78, 5) is 38.0. The first-order valence-electron chi connectivity index (χ1n) is 9.14. The first-order chi connectivity index (χ1) is 13.1. The van der Waals surface area contributed by atoms with Gasteiger partial charge in [0.2, 0.25) is 11.8 Å². The second-order valence-electron chi connectivity index (χ2n) is 7.56. The van der Waals surface area contributed by atoms with E-state index < -0.39 is 35.4 Å². The number of halogens is 1. The average Bonchev–Trinajstić information content (AvgIpc) is 2.62. The molecule has 28 heavy (non-hydrogen) atoms. The number of rotatable bonds is 4. The predicted octanol–water partition coefficient (Wildman–Crippen LogP) is 3.68. The highest BCUT2D eigenvalue weighted by molar-refractivity contribution is 6.00. The Hall–Kier alpha value is -2.90. The summed E-state index contributed by atoms with van der Waals surface area (Å²) in [5.41, 5.74) is -0.430. The molecule has 0 saturated carbocycles. The van der Waals surface area contributed by atoms with E-state index in [2.05, 4.69) is 17.2 Å². The molecule has 8 heteroatoms. The molecule has 1 saturated heterocycles. The number of benzene rings is 1. The van der Waals surface area contributed by atoms with Crippen molar-refractivity contribution in [2.24, 2.45) is 0 Å². The van der Waals surface area contributed by atoms with Crippen molar-refractivity contribution in [2.75, 3.05) is 17.2 Å². The number of carbonyl (C=O) groups excluding carboxylic acids is 3. The normalized spacial score (nSPS) is 16.9. The molecule has 0 unspecified atom stereocenters. The van der Waals surface area contributed by atoms with E-state index in [1.54, 1.807) is 20.8 Å². The van der Waals surface area contributed by atoms with Gasteiger partial charge < -0.3 is 15.4 Å². The molecule has 1 fully saturated rings. The molecule has 0 radical (unpaired) electrons. The summed E-state index contributed by atoms with van der Waals surface area (Å²) in [5, 5.41) is 5.02. The number of ether oxygens (including phenoxy) is 1. The Bertz CT molecular complexity index is 773. The molecule has 2 rings (SSSR count). The summed E-state index contributed by atoms with van der Waals surface area (Å²) >= 11 is 0. The lowest BCUT2D eigenvalue weighted by atomic mass is 10.0. The van der Waals surface area contributed by atoms with Gasteiger partial charge in [-0.3, -0.25) is 14.5 Å². The van der Waals surface area contributed by atoms with Gasteiger partial charge in [0.25, 0.3) is 0 Å². The highest BCUT2D eigenvalue weighted by Gasteiger charge is 2.34. The van der Waals surface area contributed by atoms with Gasteiger partial charge in [-0.15, -0.1) is 0 Å². The minimum absolute atomic E-state index is 0.0738. The third-order valence-electron chi connectivity index (χ3n) is 4.11. The van der Waals surface area contributed by atoms with Gasteiger partial charge in [0.15, 0.2) is 0 Å². The predicted molar refractivity (Wildman–Crippen MR) is 104 cm³/mol. The minimum atomic E-state index is -0.681. The quantitative estimate of drug-likeness (QED) is 0.767. The number of anilines is 2. The van der Waals surface area contributed by atoms with Gasteiger partial charge >= 0.3 is 6.09 Å². The third kappa shape index (κ3) is 5.80. The first-order valence-corrected chi connectivity index (χ1v) is 9.14. The van der Waals surface area contributed by atoms with E-state index in [9.17, 15) is 18.8 Å². The number of likely N-dealkylation sites (tertiary alicyclic amines) is 1. The van der Waals surface area contributed by atoms with Crippen LogP contribution in [0.1, 0.15) is 40.0 Å². The van der Waals surface area contributed by atoms with E-state index in [1.807, 2.05) is 0 Å². The molecule has 1 atom stereocenters. The Morgan fingerprint density at radius 1 is 1.25 bits per heavy atom. The second-order valence-corrected chi connectivity index (χ2v) is 7.56. The standard InChI is InChI=1S/C20H26FN3O4/c1-5-17(25)23-15-12-13(9-10-14(15)21)22-18(26)16-8-6-7-11-24(16)19(27)28-20(2,3)4/h5,9-10,12,16H,1,6-8,11H2,2-4H3,(H,22,26)(H,23,25)/t16-/m1/s1. The van der Waals surface area contributed by atoms with Crippen molar-refractivity contribution in [1.29, 1.82) is 0 Å². The average molecular weight is 391 g/mol. The van der Waals surface area contributed by atoms with Crippen LogP contribution in [0, 0.1) is 5.82 Å². The molecule has 1 heterocycles. The first kappa shape index (κ1) is 21.4. The van der Waals surface area contributed by atoms with Gasteiger partial charge in [-0.2, -0.15) is 0 Å². The van der Waals surface area contributed by atoms with E-state index in [1.165, 1.54) is 17.0 Å².